The van der Waals surface area contributed by atoms with Crippen molar-refractivity contribution in [1.82, 2.24) is 0 Å². The summed E-state index contributed by atoms with van der Waals surface area (Å²) >= 11 is 4.95. The van der Waals surface area contributed by atoms with Gasteiger partial charge >= 0.3 is 0 Å². The Hall–Kier alpha value is -0.840. The highest BCUT2D eigenvalue weighted by molar-refractivity contribution is 9.10. The van der Waals surface area contributed by atoms with Crippen molar-refractivity contribution in [1.29, 1.82) is 0 Å². The number of benzene rings is 2. The molecule has 106 valence electrons. The molecule has 0 heterocycles. The van der Waals surface area contributed by atoms with Crippen LogP contribution < -0.4 is 0 Å². The fourth-order valence-electron chi connectivity index (χ4n) is 1.90. The van der Waals surface area contributed by atoms with Gasteiger partial charge in [0.2, 0.25) is 0 Å². The molecule has 0 aliphatic heterocycles. The molecule has 2 aromatic rings. The van der Waals surface area contributed by atoms with Gasteiger partial charge in [-0.25, -0.2) is 4.39 Å². The quantitative estimate of drug-likeness (QED) is 0.792. The highest BCUT2D eigenvalue weighted by Crippen LogP contribution is 2.23. The number of hydrogen-bond acceptors (Lipinski definition) is 2. The Bertz CT molecular complexity index is 588. The molecule has 1 N–H and O–H groups in total. The van der Waals surface area contributed by atoms with Crippen LogP contribution in [-0.2, 0) is 6.42 Å². The smallest absolute Gasteiger partial charge is 0.124 e. The molecule has 0 aliphatic carbocycles. The van der Waals surface area contributed by atoms with Gasteiger partial charge in [-0.3, -0.25) is 0 Å². The predicted octanol–water partition coefficient (Wildman–Crippen LogP) is 4.59. The van der Waals surface area contributed by atoms with Gasteiger partial charge in [-0.2, -0.15) is 0 Å². The van der Waals surface area contributed by atoms with Crippen LogP contribution in [-0.4, -0.2) is 17.0 Å². The summed E-state index contributed by atoms with van der Waals surface area (Å²) in [6, 6.07) is 12.8. The molecule has 2 aromatic carbocycles. The van der Waals surface area contributed by atoms with Crippen LogP contribution in [0.3, 0.4) is 0 Å². The first kappa shape index (κ1) is 15.5. The summed E-state index contributed by atoms with van der Waals surface area (Å²) in [5, 5.41) is 10.1. The predicted molar refractivity (Wildman–Crippen MR) is 85.7 cm³/mol. The third-order valence-corrected chi connectivity index (χ3v) is 4.78. The minimum Gasteiger partial charge on any atom is -0.392 e. The third kappa shape index (κ3) is 4.62. The standard InChI is InChI=1S/C16H16BrFOS/c1-11-3-2-4-15(7-11)20-10-14(19)8-12-5-6-13(18)9-16(12)17/h2-7,9,14,19H,8,10H2,1H3. The topological polar surface area (TPSA) is 20.2 Å². The number of thioether (sulfide) groups is 1. The molecule has 0 spiro atoms. The lowest BCUT2D eigenvalue weighted by atomic mass is 10.1. The number of hydrogen-bond donors (Lipinski definition) is 1. The van der Waals surface area contributed by atoms with E-state index in [2.05, 4.69) is 35.0 Å². The third-order valence-electron chi connectivity index (χ3n) is 2.90. The van der Waals surface area contributed by atoms with Crippen molar-refractivity contribution in [2.24, 2.45) is 0 Å². The maximum absolute atomic E-state index is 13.0. The summed E-state index contributed by atoms with van der Waals surface area (Å²) in [5.74, 6) is 0.344. The summed E-state index contributed by atoms with van der Waals surface area (Å²) in [5.41, 5.74) is 2.13. The van der Waals surface area contributed by atoms with Crippen LogP contribution in [0.2, 0.25) is 0 Å². The van der Waals surface area contributed by atoms with Gasteiger partial charge in [0.05, 0.1) is 6.10 Å². The lowest BCUT2D eigenvalue weighted by Gasteiger charge is -2.12. The maximum Gasteiger partial charge on any atom is 0.124 e. The molecule has 2 rings (SSSR count). The van der Waals surface area contributed by atoms with Crippen LogP contribution in [0.25, 0.3) is 0 Å². The summed E-state index contributed by atoms with van der Waals surface area (Å²) in [6.07, 6.45) is 0.0573. The molecule has 0 radical (unpaired) electrons. The SMILES string of the molecule is Cc1cccc(SCC(O)Cc2ccc(F)cc2Br)c1. The van der Waals surface area contributed by atoms with E-state index >= 15 is 0 Å². The Morgan fingerprint density at radius 2 is 2.05 bits per heavy atom. The van der Waals surface area contributed by atoms with E-state index in [1.807, 2.05) is 12.1 Å². The second-order valence-electron chi connectivity index (χ2n) is 4.72. The normalized spacial score (nSPS) is 12.4. The minimum absolute atomic E-state index is 0.274. The van der Waals surface area contributed by atoms with Gasteiger partial charge in [0.15, 0.2) is 0 Å². The minimum atomic E-state index is -0.456. The van der Waals surface area contributed by atoms with Crippen molar-refractivity contribution in [3.05, 3.63) is 63.9 Å². The number of aliphatic hydroxyl groups excluding tert-OH is 1. The van der Waals surface area contributed by atoms with Crippen LogP contribution in [0.15, 0.2) is 51.8 Å². The zero-order valence-corrected chi connectivity index (χ0v) is 13.5. The van der Waals surface area contributed by atoms with Gasteiger partial charge in [-0.1, -0.05) is 39.7 Å². The fourth-order valence-corrected chi connectivity index (χ4v) is 3.36. The zero-order valence-electron chi connectivity index (χ0n) is 11.1. The Morgan fingerprint density at radius 1 is 1.25 bits per heavy atom. The van der Waals surface area contributed by atoms with Crippen molar-refractivity contribution < 1.29 is 9.50 Å². The maximum atomic E-state index is 13.0. The van der Waals surface area contributed by atoms with Crippen LogP contribution >= 0.6 is 27.7 Å². The summed E-state index contributed by atoms with van der Waals surface area (Å²) in [7, 11) is 0. The van der Waals surface area contributed by atoms with E-state index in [0.717, 1.165) is 10.5 Å². The monoisotopic (exact) mass is 354 g/mol. The van der Waals surface area contributed by atoms with Crippen molar-refractivity contribution in [2.75, 3.05) is 5.75 Å². The summed E-state index contributed by atoms with van der Waals surface area (Å²) in [6.45, 7) is 2.05. The Morgan fingerprint density at radius 3 is 2.75 bits per heavy atom. The number of halogens is 2. The first-order valence-electron chi connectivity index (χ1n) is 6.36. The number of aliphatic hydroxyl groups is 1. The van der Waals surface area contributed by atoms with Crippen molar-refractivity contribution in [3.63, 3.8) is 0 Å². The average Bonchev–Trinajstić information content (AvgIpc) is 2.40. The van der Waals surface area contributed by atoms with Gasteiger partial charge in [0.25, 0.3) is 0 Å². The van der Waals surface area contributed by atoms with Crippen molar-refractivity contribution >= 4 is 27.7 Å². The van der Waals surface area contributed by atoms with Gasteiger partial charge in [0, 0.05) is 21.5 Å². The van der Waals surface area contributed by atoms with E-state index in [0.29, 0.717) is 16.6 Å². The van der Waals surface area contributed by atoms with Gasteiger partial charge in [0.1, 0.15) is 5.82 Å². The zero-order chi connectivity index (χ0) is 14.5. The lowest BCUT2D eigenvalue weighted by molar-refractivity contribution is 0.200. The van der Waals surface area contributed by atoms with Gasteiger partial charge in [-0.15, -0.1) is 11.8 Å². The average molecular weight is 355 g/mol. The molecular weight excluding hydrogens is 339 g/mol. The summed E-state index contributed by atoms with van der Waals surface area (Å²) in [4.78, 5) is 1.15. The molecule has 0 aliphatic rings. The van der Waals surface area contributed by atoms with E-state index in [1.165, 1.54) is 17.7 Å². The molecule has 0 bridgehead atoms. The van der Waals surface area contributed by atoms with Crippen LogP contribution in [0.5, 0.6) is 0 Å². The molecule has 1 nitrogen and oxygen atoms in total. The Kier molecular flexibility index (Phi) is 5.64. The van der Waals surface area contributed by atoms with Crippen LogP contribution in [0.4, 0.5) is 4.39 Å². The molecule has 0 saturated carbocycles. The molecule has 1 unspecified atom stereocenters. The van der Waals surface area contributed by atoms with Crippen molar-refractivity contribution in [2.45, 2.75) is 24.3 Å². The van der Waals surface area contributed by atoms with Gasteiger partial charge < -0.3 is 5.11 Å². The highest BCUT2D eigenvalue weighted by atomic mass is 79.9. The van der Waals surface area contributed by atoms with Crippen LogP contribution in [0, 0.1) is 12.7 Å². The Balaban J connectivity index is 1.90. The second kappa shape index (κ2) is 7.25. The van der Waals surface area contributed by atoms with Gasteiger partial charge in [-0.05, 0) is 36.8 Å². The molecular formula is C16H16BrFOS. The van der Waals surface area contributed by atoms with Crippen LogP contribution in [0.1, 0.15) is 11.1 Å². The molecule has 0 aromatic heterocycles. The van der Waals surface area contributed by atoms with Crippen molar-refractivity contribution in [3.8, 4) is 0 Å². The van der Waals surface area contributed by atoms with E-state index in [4.69, 9.17) is 0 Å². The number of aryl methyl sites for hydroxylation is 1. The summed E-state index contributed by atoms with van der Waals surface area (Å²) < 4.78 is 13.7. The first-order chi connectivity index (χ1) is 9.54. The molecule has 0 saturated heterocycles. The Labute approximate surface area is 131 Å². The molecule has 1 atom stereocenters. The number of rotatable bonds is 5. The van der Waals surface area contributed by atoms with E-state index in [9.17, 15) is 9.50 Å². The molecule has 4 heteroatoms. The first-order valence-corrected chi connectivity index (χ1v) is 8.14. The largest absolute Gasteiger partial charge is 0.392 e. The highest BCUT2D eigenvalue weighted by Gasteiger charge is 2.10. The molecule has 0 fully saturated rings. The fraction of sp³-hybridized carbons (Fsp3) is 0.250. The lowest BCUT2D eigenvalue weighted by Crippen LogP contribution is -2.13. The van der Waals surface area contributed by atoms with E-state index in [-0.39, 0.29) is 5.82 Å². The molecule has 20 heavy (non-hydrogen) atoms. The second-order valence-corrected chi connectivity index (χ2v) is 6.67. The van der Waals surface area contributed by atoms with E-state index in [1.54, 1.807) is 17.8 Å². The van der Waals surface area contributed by atoms with E-state index < -0.39 is 6.10 Å². The molecule has 0 amide bonds.